The second-order valence-corrected chi connectivity index (χ2v) is 5.31. The largest absolute Gasteiger partial charge is 0.454 e. The summed E-state index contributed by atoms with van der Waals surface area (Å²) >= 11 is 1.97. The van der Waals surface area contributed by atoms with Gasteiger partial charge in [-0.25, -0.2) is 4.79 Å². The third kappa shape index (κ3) is 4.81. The van der Waals surface area contributed by atoms with Gasteiger partial charge in [-0.05, 0) is 19.4 Å². The van der Waals surface area contributed by atoms with Gasteiger partial charge in [0.15, 0.2) is 0 Å². The Bertz CT molecular complexity index is 385. The molecule has 0 bridgehead atoms. The zero-order chi connectivity index (χ0) is 13.1. The van der Waals surface area contributed by atoms with Gasteiger partial charge in [-0.1, -0.05) is 30.3 Å². The van der Waals surface area contributed by atoms with E-state index in [1.165, 1.54) is 0 Å². The molecule has 0 amide bonds. The number of carbonyl (C=O) groups is 1. The number of alkyl halides is 3. The summed E-state index contributed by atoms with van der Waals surface area (Å²) in [4.78, 5) is 7.41. The Balaban J connectivity index is 2.67. The van der Waals surface area contributed by atoms with Crippen molar-refractivity contribution in [2.75, 3.05) is 0 Å². The van der Waals surface area contributed by atoms with Crippen LogP contribution in [0.25, 0.3) is 0 Å². The van der Waals surface area contributed by atoms with E-state index in [2.05, 4.69) is 0 Å². The minimum atomic E-state index is -3.64. The summed E-state index contributed by atoms with van der Waals surface area (Å²) in [5.41, 5.74) is -0.0569. The predicted octanol–water partition coefficient (Wildman–Crippen LogP) is 3.54. The van der Waals surface area contributed by atoms with E-state index in [1.54, 1.807) is 13.8 Å². The first kappa shape index (κ1) is 14.1. The Labute approximate surface area is 107 Å². The van der Waals surface area contributed by atoms with Crippen molar-refractivity contribution < 1.29 is 18.3 Å². The molecule has 0 saturated carbocycles. The van der Waals surface area contributed by atoms with Crippen LogP contribution >= 0.6 is 15.9 Å². The van der Waals surface area contributed by atoms with E-state index in [0.29, 0.717) is 6.42 Å². The van der Waals surface area contributed by atoms with Gasteiger partial charge in [0.2, 0.25) is 0 Å². The summed E-state index contributed by atoms with van der Waals surface area (Å²) in [6, 6.07) is 9.23. The number of carbonyl (C=O) groups excluding carboxylic acids is 1. The van der Waals surface area contributed by atoms with Gasteiger partial charge in [-0.3, -0.25) is 0 Å². The third-order valence-corrected chi connectivity index (χ3v) is 2.40. The summed E-state index contributed by atoms with van der Waals surface area (Å²) in [7, 11) is 0. The molecule has 1 aromatic carbocycles. The molecule has 1 rings (SSSR count). The number of halogens is 3. The maximum absolute atomic E-state index is 12.6. The van der Waals surface area contributed by atoms with Gasteiger partial charge >= 0.3 is 10.8 Å². The van der Waals surface area contributed by atoms with Gasteiger partial charge in [0.1, 0.15) is 5.60 Å². The Hall–Kier alpha value is -0.970. The fourth-order valence-corrected chi connectivity index (χ4v) is 1.51. The van der Waals surface area contributed by atoms with E-state index >= 15 is 0 Å². The van der Waals surface area contributed by atoms with Gasteiger partial charge in [-0.15, -0.1) is 0 Å². The van der Waals surface area contributed by atoms with Crippen molar-refractivity contribution in [3.05, 3.63) is 35.9 Å². The van der Waals surface area contributed by atoms with Crippen molar-refractivity contribution in [2.45, 2.75) is 30.7 Å². The third-order valence-electron chi connectivity index (χ3n) is 2.07. The summed E-state index contributed by atoms with van der Waals surface area (Å²) in [5, 5.41) is 0. The lowest BCUT2D eigenvalue weighted by molar-refractivity contribution is -0.172. The van der Waals surface area contributed by atoms with Crippen molar-refractivity contribution in [1.82, 2.24) is 0 Å². The Morgan fingerprint density at radius 2 is 1.82 bits per heavy atom. The van der Waals surface area contributed by atoms with Gasteiger partial charge < -0.3 is 4.74 Å². The van der Waals surface area contributed by atoms with Crippen LogP contribution in [0, 0.1) is 0 Å². The standard InChI is InChI=1S/C12H13BrF2O2/c1-11(2,17-10(16)12(13,14)15)8-9-6-4-3-5-7-9/h3-7H,8H2,1-2H3. The average molecular weight is 307 g/mol. The molecule has 0 spiro atoms. The zero-order valence-electron chi connectivity index (χ0n) is 9.54. The molecular formula is C12H13BrF2O2. The fourth-order valence-electron chi connectivity index (χ4n) is 1.43. The second kappa shape index (κ2) is 5.12. The molecule has 0 aliphatic heterocycles. The fraction of sp³-hybridized carbons (Fsp3) is 0.417. The van der Waals surface area contributed by atoms with Crippen LogP contribution in [0.2, 0.25) is 0 Å². The second-order valence-electron chi connectivity index (χ2n) is 4.31. The molecule has 0 saturated heterocycles. The highest BCUT2D eigenvalue weighted by Crippen LogP contribution is 2.27. The lowest BCUT2D eigenvalue weighted by Crippen LogP contribution is -2.36. The minimum Gasteiger partial charge on any atom is -0.454 e. The molecule has 0 atom stereocenters. The highest BCUT2D eigenvalue weighted by Gasteiger charge is 2.40. The molecule has 94 valence electrons. The van der Waals surface area contributed by atoms with Gasteiger partial charge in [0.25, 0.3) is 0 Å². The van der Waals surface area contributed by atoms with Crippen LogP contribution in [0.4, 0.5) is 8.78 Å². The molecule has 0 unspecified atom stereocenters. The highest BCUT2D eigenvalue weighted by atomic mass is 79.9. The Morgan fingerprint density at radius 1 is 1.29 bits per heavy atom. The van der Waals surface area contributed by atoms with Crippen LogP contribution in [0.15, 0.2) is 30.3 Å². The van der Waals surface area contributed by atoms with Crippen molar-refractivity contribution in [2.24, 2.45) is 0 Å². The molecule has 17 heavy (non-hydrogen) atoms. The minimum absolute atomic E-state index is 0.378. The lowest BCUT2D eigenvalue weighted by atomic mass is 9.98. The number of rotatable bonds is 4. The molecular weight excluding hydrogens is 294 g/mol. The first-order chi connectivity index (χ1) is 7.71. The SMILES string of the molecule is CC(C)(Cc1ccccc1)OC(=O)C(F)(F)Br. The average Bonchev–Trinajstić information content (AvgIpc) is 2.16. The molecule has 5 heteroatoms. The first-order valence-corrected chi connectivity index (χ1v) is 5.84. The number of ether oxygens (including phenoxy) is 1. The first-order valence-electron chi connectivity index (χ1n) is 5.05. The van der Waals surface area contributed by atoms with E-state index in [1.807, 2.05) is 46.3 Å². The van der Waals surface area contributed by atoms with Gasteiger partial charge in [0.05, 0.1) is 0 Å². The van der Waals surface area contributed by atoms with E-state index in [0.717, 1.165) is 5.56 Å². The van der Waals surface area contributed by atoms with Crippen LogP contribution in [-0.2, 0) is 16.0 Å². The molecule has 0 aliphatic rings. The Kier molecular flexibility index (Phi) is 4.25. The predicted molar refractivity (Wildman–Crippen MR) is 64.2 cm³/mol. The normalized spacial score (nSPS) is 12.3. The maximum Gasteiger partial charge on any atom is 0.396 e. The molecule has 0 aromatic heterocycles. The molecule has 0 N–H and O–H groups in total. The summed E-state index contributed by atoms with van der Waals surface area (Å²) in [5.74, 6) is -1.57. The summed E-state index contributed by atoms with van der Waals surface area (Å²) in [6.07, 6.45) is 0.378. The van der Waals surface area contributed by atoms with E-state index in [4.69, 9.17) is 4.74 Å². The van der Waals surface area contributed by atoms with Crippen LogP contribution in [0.5, 0.6) is 0 Å². The number of hydrogen-bond acceptors (Lipinski definition) is 2. The zero-order valence-corrected chi connectivity index (χ0v) is 11.1. The van der Waals surface area contributed by atoms with Crippen molar-refractivity contribution in [3.63, 3.8) is 0 Å². The van der Waals surface area contributed by atoms with Crippen LogP contribution in [0.1, 0.15) is 19.4 Å². The summed E-state index contributed by atoms with van der Waals surface area (Å²) < 4.78 is 30.0. The van der Waals surface area contributed by atoms with Gasteiger partial charge in [-0.2, -0.15) is 8.78 Å². The molecule has 2 nitrogen and oxygen atoms in total. The number of esters is 1. The lowest BCUT2D eigenvalue weighted by Gasteiger charge is -2.26. The molecule has 1 aromatic rings. The molecule has 0 aliphatic carbocycles. The van der Waals surface area contributed by atoms with Crippen molar-refractivity contribution in [1.29, 1.82) is 0 Å². The quantitative estimate of drug-likeness (QED) is 0.628. The molecule has 0 fully saturated rings. The van der Waals surface area contributed by atoms with E-state index in [-0.39, 0.29) is 0 Å². The Morgan fingerprint density at radius 3 is 2.29 bits per heavy atom. The summed E-state index contributed by atoms with van der Waals surface area (Å²) in [6.45, 7) is 3.19. The van der Waals surface area contributed by atoms with Crippen LogP contribution in [-0.4, -0.2) is 16.4 Å². The van der Waals surface area contributed by atoms with Crippen LogP contribution < -0.4 is 0 Å². The maximum atomic E-state index is 12.6. The van der Waals surface area contributed by atoms with Crippen molar-refractivity contribution in [3.8, 4) is 0 Å². The monoisotopic (exact) mass is 306 g/mol. The van der Waals surface area contributed by atoms with E-state index < -0.39 is 16.4 Å². The van der Waals surface area contributed by atoms with Gasteiger partial charge in [0, 0.05) is 22.4 Å². The highest BCUT2D eigenvalue weighted by molar-refractivity contribution is 9.10. The van der Waals surface area contributed by atoms with Crippen molar-refractivity contribution >= 4 is 21.9 Å². The molecule has 0 heterocycles. The smallest absolute Gasteiger partial charge is 0.396 e. The number of benzene rings is 1. The topological polar surface area (TPSA) is 26.3 Å². The number of hydrogen-bond donors (Lipinski definition) is 0. The van der Waals surface area contributed by atoms with Crippen LogP contribution in [0.3, 0.4) is 0 Å². The van der Waals surface area contributed by atoms with E-state index in [9.17, 15) is 13.6 Å². The molecule has 0 radical (unpaired) electrons.